The fourth-order valence-corrected chi connectivity index (χ4v) is 5.89. The predicted octanol–water partition coefficient (Wildman–Crippen LogP) is 3.36. The van der Waals surface area contributed by atoms with E-state index in [1.54, 1.807) is 28.4 Å². The van der Waals surface area contributed by atoms with Gasteiger partial charge in [0.15, 0.2) is 18.1 Å². The maximum atomic E-state index is 12.6. The highest BCUT2D eigenvalue weighted by molar-refractivity contribution is 7.12. The molecule has 4 heterocycles. The lowest BCUT2D eigenvalue weighted by atomic mass is 10.1. The summed E-state index contributed by atoms with van der Waals surface area (Å²) in [5.41, 5.74) is 7.10. The number of benzene rings is 1. The van der Waals surface area contributed by atoms with Crippen LogP contribution >= 0.6 is 34.5 Å². The number of imidazole rings is 1. The zero-order chi connectivity index (χ0) is 37.6. The molecule has 0 aliphatic rings. The Kier molecular flexibility index (Phi) is 15.0. The molecular weight excluding hydrogens is 753 g/mol. The molecule has 4 aromatic heterocycles. The number of halogens is 2. The molecule has 284 valence electrons. The number of nitrogen functional groups attached to an aromatic ring is 1. The maximum Gasteiger partial charge on any atom is 0.328 e. The number of aromatic nitrogens is 7. The Labute approximate surface area is 317 Å². The zero-order valence-electron chi connectivity index (χ0n) is 28.8. The zero-order valence-corrected chi connectivity index (χ0v) is 31.2. The number of unbranched alkanes of at least 4 members (excludes halogenated alkanes) is 1. The molecule has 4 N–H and O–H groups in total. The van der Waals surface area contributed by atoms with Crippen LogP contribution in [-0.4, -0.2) is 106 Å². The third-order valence-corrected chi connectivity index (χ3v) is 9.17. The highest BCUT2D eigenvalue weighted by Gasteiger charge is 2.20. The van der Waals surface area contributed by atoms with E-state index in [2.05, 4.69) is 30.6 Å². The summed E-state index contributed by atoms with van der Waals surface area (Å²) < 4.78 is 30.7. The molecule has 0 unspecified atom stereocenters. The van der Waals surface area contributed by atoms with E-state index in [4.69, 9.17) is 52.6 Å². The van der Waals surface area contributed by atoms with E-state index in [9.17, 15) is 14.4 Å². The van der Waals surface area contributed by atoms with E-state index < -0.39 is 5.69 Å². The van der Waals surface area contributed by atoms with Crippen LogP contribution in [0.2, 0.25) is 10.0 Å². The van der Waals surface area contributed by atoms with Crippen molar-refractivity contribution in [2.45, 2.75) is 32.9 Å². The Morgan fingerprint density at radius 1 is 0.981 bits per heavy atom. The molecule has 53 heavy (non-hydrogen) atoms. The van der Waals surface area contributed by atoms with Crippen molar-refractivity contribution in [3.05, 3.63) is 72.5 Å². The Morgan fingerprint density at radius 2 is 1.75 bits per heavy atom. The summed E-state index contributed by atoms with van der Waals surface area (Å²) in [5.74, 6) is -0.289. The van der Waals surface area contributed by atoms with Crippen molar-refractivity contribution >= 4 is 63.2 Å². The number of nitrogens with one attached hydrogen (secondary N) is 2. The Bertz CT molecular complexity index is 2020. The van der Waals surface area contributed by atoms with Crippen LogP contribution in [-0.2, 0) is 32.1 Å². The van der Waals surface area contributed by atoms with Gasteiger partial charge in [-0.2, -0.15) is 9.97 Å². The van der Waals surface area contributed by atoms with Crippen LogP contribution in [0.1, 0.15) is 40.7 Å². The Hall–Kier alpha value is -4.59. The summed E-state index contributed by atoms with van der Waals surface area (Å²) in [6.07, 6.45) is 3.52. The third-order valence-electron chi connectivity index (χ3n) is 7.44. The van der Waals surface area contributed by atoms with Crippen molar-refractivity contribution in [3.8, 4) is 11.8 Å². The molecule has 0 spiro atoms. The molecule has 1 aromatic carbocycles. The number of anilines is 1. The summed E-state index contributed by atoms with van der Waals surface area (Å²) >= 11 is 13.9. The molecule has 0 fully saturated rings. The number of hydrogen-bond donors (Lipinski definition) is 3. The average Bonchev–Trinajstić information content (AvgIpc) is 3.91. The van der Waals surface area contributed by atoms with Crippen molar-refractivity contribution in [2.75, 3.05) is 65.1 Å². The van der Waals surface area contributed by atoms with E-state index >= 15 is 0 Å². The average molecular weight is 793 g/mol. The van der Waals surface area contributed by atoms with Gasteiger partial charge in [-0.25, -0.2) is 9.48 Å². The normalized spacial score (nSPS) is 11.3. The Morgan fingerprint density at radius 3 is 2.51 bits per heavy atom. The van der Waals surface area contributed by atoms with Crippen molar-refractivity contribution < 1.29 is 33.3 Å². The van der Waals surface area contributed by atoms with E-state index in [1.165, 1.54) is 28.0 Å². The van der Waals surface area contributed by atoms with Gasteiger partial charge in [0.25, 0.3) is 5.91 Å². The molecular formula is C33H39Cl2N9O8S. The molecule has 0 bridgehead atoms. The summed E-state index contributed by atoms with van der Waals surface area (Å²) in [5, 5.41) is 12.9. The van der Waals surface area contributed by atoms with Crippen molar-refractivity contribution in [1.29, 1.82) is 0 Å². The van der Waals surface area contributed by atoms with E-state index in [-0.39, 0.29) is 71.2 Å². The number of aromatic amines is 1. The number of rotatable bonds is 23. The first-order valence-corrected chi connectivity index (χ1v) is 18.4. The van der Waals surface area contributed by atoms with Crippen LogP contribution in [0.5, 0.6) is 11.8 Å². The van der Waals surface area contributed by atoms with Crippen molar-refractivity contribution in [2.24, 2.45) is 0 Å². The SMILES string of the molecule is CCCCOc1nc(N)c2[nH]c(=O)n(Cc3cn(CCOCCOCCOCCNC(=O)COc4ccc(C(=O)c5cccs5)c(Cl)c4Cl)nn3)c2n1. The quantitative estimate of drug-likeness (QED) is 0.0641. The molecule has 5 aromatic rings. The van der Waals surface area contributed by atoms with Gasteiger partial charge in [-0.05, 0) is 30.0 Å². The largest absolute Gasteiger partial charge is 0.482 e. The summed E-state index contributed by atoms with van der Waals surface area (Å²) in [4.78, 5) is 49.1. The highest BCUT2D eigenvalue weighted by atomic mass is 35.5. The topological polar surface area (TPSA) is 213 Å². The van der Waals surface area contributed by atoms with Gasteiger partial charge >= 0.3 is 11.7 Å². The second-order valence-corrected chi connectivity index (χ2v) is 13.0. The number of amides is 1. The van der Waals surface area contributed by atoms with Gasteiger partial charge in [-0.15, -0.1) is 16.4 Å². The fourth-order valence-electron chi connectivity index (χ4n) is 4.75. The lowest BCUT2D eigenvalue weighted by Gasteiger charge is -2.12. The molecule has 0 atom stereocenters. The predicted molar refractivity (Wildman–Crippen MR) is 197 cm³/mol. The van der Waals surface area contributed by atoms with E-state index in [0.717, 1.165) is 12.8 Å². The number of fused-ring (bicyclic) bond motifs is 1. The minimum Gasteiger partial charge on any atom is -0.482 e. The monoisotopic (exact) mass is 791 g/mol. The van der Waals surface area contributed by atoms with Gasteiger partial charge < -0.3 is 39.7 Å². The molecule has 1 amide bonds. The molecule has 0 aliphatic carbocycles. The van der Waals surface area contributed by atoms with Crippen LogP contribution in [0.25, 0.3) is 11.2 Å². The second-order valence-electron chi connectivity index (χ2n) is 11.3. The smallest absolute Gasteiger partial charge is 0.328 e. The number of nitrogens with two attached hydrogens (primary N) is 1. The first kappa shape index (κ1) is 39.6. The molecule has 17 nitrogen and oxygen atoms in total. The second kappa shape index (κ2) is 20.0. The maximum absolute atomic E-state index is 12.6. The summed E-state index contributed by atoms with van der Waals surface area (Å²) in [7, 11) is 0. The number of ether oxygens (including phenoxy) is 5. The van der Waals surface area contributed by atoms with Crippen LogP contribution in [0, 0.1) is 0 Å². The number of H-pyrrole nitrogens is 1. The molecule has 0 saturated carbocycles. The van der Waals surface area contributed by atoms with Gasteiger partial charge in [0.1, 0.15) is 22.0 Å². The molecule has 0 radical (unpaired) electrons. The standard InChI is InChI=1S/C33H39Cl2N9O8S/c1-2-3-10-51-32-39-30(36)28-31(40-32)44(33(47)38-28)19-21-18-43(42-41-21)9-12-49-14-16-50-15-13-48-11-8-37-25(45)20-52-23-7-6-22(26(34)27(23)35)29(46)24-5-4-17-53-24/h4-7,17-18H,2-3,8-16,19-20H2,1H3,(H,37,45)(H,38,47)(H2,36,39,40). The van der Waals surface area contributed by atoms with Crippen molar-refractivity contribution in [3.63, 3.8) is 0 Å². The number of ketones is 1. The Balaban J connectivity index is 0.896. The molecule has 20 heteroatoms. The van der Waals surface area contributed by atoms with E-state index in [0.29, 0.717) is 67.9 Å². The number of hydrogen-bond acceptors (Lipinski definition) is 14. The van der Waals surface area contributed by atoms with Gasteiger partial charge in [0.05, 0.1) is 75.4 Å². The first-order chi connectivity index (χ1) is 25.7. The summed E-state index contributed by atoms with van der Waals surface area (Å²) in [6.45, 7) is 5.14. The van der Waals surface area contributed by atoms with Gasteiger partial charge in [0, 0.05) is 12.1 Å². The fraction of sp³-hybridized carbons (Fsp3) is 0.424. The molecule has 0 aliphatic heterocycles. The minimum absolute atomic E-state index is 0.0591. The number of carbonyl (C=O) groups excluding carboxylic acids is 2. The first-order valence-electron chi connectivity index (χ1n) is 16.7. The van der Waals surface area contributed by atoms with Crippen LogP contribution in [0.4, 0.5) is 5.82 Å². The van der Waals surface area contributed by atoms with Crippen LogP contribution in [0.15, 0.2) is 40.6 Å². The van der Waals surface area contributed by atoms with Crippen LogP contribution < -0.4 is 26.2 Å². The lowest BCUT2D eigenvalue weighted by Crippen LogP contribution is -2.32. The van der Waals surface area contributed by atoms with E-state index in [1.807, 2.05) is 6.92 Å². The van der Waals surface area contributed by atoms with Crippen molar-refractivity contribution in [1.82, 2.24) is 39.8 Å². The lowest BCUT2D eigenvalue weighted by molar-refractivity contribution is -0.123. The number of carbonyl (C=O) groups is 2. The molecule has 5 rings (SSSR count). The molecule has 0 saturated heterocycles. The number of nitrogens with zero attached hydrogens (tertiary/aromatic N) is 6. The summed E-state index contributed by atoms with van der Waals surface area (Å²) in [6, 6.07) is 6.62. The van der Waals surface area contributed by atoms with Crippen LogP contribution in [0.3, 0.4) is 0 Å². The van der Waals surface area contributed by atoms with Gasteiger partial charge in [-0.3, -0.25) is 14.2 Å². The minimum atomic E-state index is -0.398. The number of thiophene rings is 1. The van der Waals surface area contributed by atoms with Gasteiger partial charge in [-0.1, -0.05) is 47.8 Å². The highest BCUT2D eigenvalue weighted by Crippen LogP contribution is 2.36. The van der Waals surface area contributed by atoms with Gasteiger partial charge in [0.2, 0.25) is 5.78 Å². The third kappa shape index (κ3) is 11.2.